The number of sulfonamides is 1. The standard InChI is InChI=1S/C16H25NO3S/c1-3-12(2)14-5-8-16(9-6-14)21(19,20)17-11-13-4-7-15(18)10-13/h5-6,8-9,12-13,15,17-18H,3-4,7,10-11H2,1-2H3. The van der Waals surface area contributed by atoms with Gasteiger partial charge in [0.1, 0.15) is 0 Å². The molecule has 0 amide bonds. The third kappa shape index (κ3) is 4.28. The molecule has 0 heterocycles. The lowest BCUT2D eigenvalue weighted by Crippen LogP contribution is -2.28. The molecule has 1 fully saturated rings. The van der Waals surface area contributed by atoms with Crippen molar-refractivity contribution in [2.24, 2.45) is 5.92 Å². The van der Waals surface area contributed by atoms with Gasteiger partial charge < -0.3 is 5.11 Å². The van der Waals surface area contributed by atoms with Crippen LogP contribution in [0.25, 0.3) is 0 Å². The Morgan fingerprint density at radius 2 is 1.95 bits per heavy atom. The Morgan fingerprint density at radius 1 is 1.29 bits per heavy atom. The molecule has 0 radical (unpaired) electrons. The summed E-state index contributed by atoms with van der Waals surface area (Å²) in [7, 11) is -3.45. The van der Waals surface area contributed by atoms with E-state index in [1.54, 1.807) is 12.1 Å². The van der Waals surface area contributed by atoms with Crippen LogP contribution in [0.4, 0.5) is 0 Å². The van der Waals surface area contributed by atoms with Crippen LogP contribution in [-0.2, 0) is 10.0 Å². The first-order valence-corrected chi connectivity index (χ1v) is 9.18. The minimum Gasteiger partial charge on any atom is -0.393 e. The maximum Gasteiger partial charge on any atom is 0.240 e. The molecule has 3 unspecified atom stereocenters. The first-order valence-electron chi connectivity index (χ1n) is 7.70. The van der Waals surface area contributed by atoms with E-state index in [0.717, 1.165) is 24.8 Å². The lowest BCUT2D eigenvalue weighted by atomic mass is 9.99. The number of hydrogen-bond donors (Lipinski definition) is 2. The number of benzene rings is 1. The van der Waals surface area contributed by atoms with Crippen molar-refractivity contribution in [3.05, 3.63) is 29.8 Å². The number of aliphatic hydroxyl groups excluding tert-OH is 1. The lowest BCUT2D eigenvalue weighted by molar-refractivity contribution is 0.178. The van der Waals surface area contributed by atoms with Crippen LogP contribution in [0.3, 0.4) is 0 Å². The Morgan fingerprint density at radius 3 is 2.48 bits per heavy atom. The van der Waals surface area contributed by atoms with Crippen molar-refractivity contribution in [3.63, 3.8) is 0 Å². The van der Waals surface area contributed by atoms with E-state index in [-0.39, 0.29) is 12.0 Å². The van der Waals surface area contributed by atoms with E-state index in [9.17, 15) is 13.5 Å². The van der Waals surface area contributed by atoms with Gasteiger partial charge in [-0.05, 0) is 55.2 Å². The van der Waals surface area contributed by atoms with Crippen molar-refractivity contribution in [2.75, 3.05) is 6.54 Å². The van der Waals surface area contributed by atoms with Gasteiger partial charge in [-0.3, -0.25) is 0 Å². The van der Waals surface area contributed by atoms with Crippen molar-refractivity contribution >= 4 is 10.0 Å². The van der Waals surface area contributed by atoms with Crippen LogP contribution in [0.2, 0.25) is 0 Å². The highest BCUT2D eigenvalue weighted by Crippen LogP contribution is 2.25. The number of aliphatic hydroxyl groups is 1. The van der Waals surface area contributed by atoms with Gasteiger partial charge in [-0.1, -0.05) is 26.0 Å². The number of nitrogens with one attached hydrogen (secondary N) is 1. The van der Waals surface area contributed by atoms with Crippen molar-refractivity contribution in [1.82, 2.24) is 4.72 Å². The molecule has 1 aliphatic rings. The largest absolute Gasteiger partial charge is 0.393 e. The van der Waals surface area contributed by atoms with Crippen LogP contribution in [0.1, 0.15) is 51.0 Å². The number of rotatable bonds is 6. The SMILES string of the molecule is CCC(C)c1ccc(S(=O)(=O)NCC2CCC(O)C2)cc1. The average molecular weight is 311 g/mol. The molecule has 0 aromatic heterocycles. The summed E-state index contributed by atoms with van der Waals surface area (Å²) in [5, 5.41) is 9.47. The molecule has 0 spiro atoms. The molecular formula is C16H25NO3S. The van der Waals surface area contributed by atoms with Crippen molar-refractivity contribution < 1.29 is 13.5 Å². The Kier molecular flexibility index (Phi) is 5.41. The Labute approximate surface area is 127 Å². The molecule has 3 atom stereocenters. The zero-order valence-electron chi connectivity index (χ0n) is 12.7. The molecule has 5 heteroatoms. The summed E-state index contributed by atoms with van der Waals surface area (Å²) in [6.07, 6.45) is 3.12. The van der Waals surface area contributed by atoms with E-state index in [1.165, 1.54) is 0 Å². The first kappa shape index (κ1) is 16.5. The molecule has 1 aliphatic carbocycles. The van der Waals surface area contributed by atoms with Crippen molar-refractivity contribution in [3.8, 4) is 0 Å². The fourth-order valence-corrected chi connectivity index (χ4v) is 3.87. The van der Waals surface area contributed by atoms with Crippen molar-refractivity contribution in [1.29, 1.82) is 0 Å². The van der Waals surface area contributed by atoms with Gasteiger partial charge >= 0.3 is 0 Å². The summed E-state index contributed by atoms with van der Waals surface area (Å²) in [4.78, 5) is 0.313. The maximum atomic E-state index is 12.2. The van der Waals surface area contributed by atoms with Crippen LogP contribution >= 0.6 is 0 Å². The van der Waals surface area contributed by atoms with Gasteiger partial charge in [0.15, 0.2) is 0 Å². The van der Waals surface area contributed by atoms with Gasteiger partial charge in [-0.25, -0.2) is 13.1 Å². The van der Waals surface area contributed by atoms with Gasteiger partial charge in [0.05, 0.1) is 11.0 Å². The highest BCUT2D eigenvalue weighted by molar-refractivity contribution is 7.89. The normalized spacial score (nSPS) is 24.1. The summed E-state index contributed by atoms with van der Waals surface area (Å²) < 4.78 is 27.2. The van der Waals surface area contributed by atoms with E-state index in [1.807, 2.05) is 12.1 Å². The predicted octanol–water partition coefficient (Wildman–Crippen LogP) is 2.64. The van der Waals surface area contributed by atoms with Gasteiger partial charge in [0, 0.05) is 6.54 Å². The van der Waals surface area contributed by atoms with Crippen LogP contribution in [0.15, 0.2) is 29.2 Å². The fourth-order valence-electron chi connectivity index (χ4n) is 2.76. The topological polar surface area (TPSA) is 66.4 Å². The molecular weight excluding hydrogens is 286 g/mol. The zero-order chi connectivity index (χ0) is 15.5. The molecule has 1 aromatic carbocycles. The molecule has 0 aliphatic heterocycles. The van der Waals surface area contributed by atoms with Gasteiger partial charge in [-0.2, -0.15) is 0 Å². The Bertz CT molecular complexity index is 553. The first-order chi connectivity index (χ1) is 9.92. The smallest absolute Gasteiger partial charge is 0.240 e. The van der Waals surface area contributed by atoms with Gasteiger partial charge in [0.2, 0.25) is 10.0 Å². The van der Waals surface area contributed by atoms with E-state index in [0.29, 0.717) is 23.8 Å². The Balaban J connectivity index is 1.98. The monoisotopic (exact) mass is 311 g/mol. The second kappa shape index (κ2) is 6.90. The second-order valence-corrected chi connectivity index (χ2v) is 7.83. The molecule has 0 bridgehead atoms. The van der Waals surface area contributed by atoms with E-state index in [2.05, 4.69) is 18.6 Å². The second-order valence-electron chi connectivity index (χ2n) is 6.06. The minimum atomic E-state index is -3.45. The molecule has 2 N–H and O–H groups in total. The zero-order valence-corrected chi connectivity index (χ0v) is 13.6. The van der Waals surface area contributed by atoms with Gasteiger partial charge in [-0.15, -0.1) is 0 Å². The molecule has 2 rings (SSSR count). The van der Waals surface area contributed by atoms with Gasteiger partial charge in [0.25, 0.3) is 0 Å². The van der Waals surface area contributed by atoms with E-state index < -0.39 is 10.0 Å². The fraction of sp³-hybridized carbons (Fsp3) is 0.625. The lowest BCUT2D eigenvalue weighted by Gasteiger charge is -2.13. The molecule has 21 heavy (non-hydrogen) atoms. The van der Waals surface area contributed by atoms with Crippen LogP contribution in [0.5, 0.6) is 0 Å². The van der Waals surface area contributed by atoms with Crippen LogP contribution in [-0.4, -0.2) is 26.2 Å². The minimum absolute atomic E-state index is 0.245. The van der Waals surface area contributed by atoms with E-state index >= 15 is 0 Å². The van der Waals surface area contributed by atoms with Crippen LogP contribution in [0, 0.1) is 5.92 Å². The summed E-state index contributed by atoms with van der Waals surface area (Å²) in [5.74, 6) is 0.684. The van der Waals surface area contributed by atoms with Crippen molar-refractivity contribution in [2.45, 2.75) is 56.4 Å². The Hall–Kier alpha value is -0.910. The predicted molar refractivity (Wildman–Crippen MR) is 83.7 cm³/mol. The maximum absolute atomic E-state index is 12.2. The molecule has 1 aromatic rings. The summed E-state index contributed by atoms with van der Waals surface area (Å²) >= 11 is 0. The molecule has 118 valence electrons. The van der Waals surface area contributed by atoms with E-state index in [4.69, 9.17) is 0 Å². The average Bonchev–Trinajstić information content (AvgIpc) is 2.90. The number of hydrogen-bond acceptors (Lipinski definition) is 3. The third-order valence-corrected chi connectivity index (χ3v) is 5.89. The summed E-state index contributed by atoms with van der Waals surface area (Å²) in [6.45, 7) is 4.66. The summed E-state index contributed by atoms with van der Waals surface area (Å²) in [6, 6.07) is 7.13. The van der Waals surface area contributed by atoms with Crippen LogP contribution < -0.4 is 4.72 Å². The highest BCUT2D eigenvalue weighted by atomic mass is 32.2. The third-order valence-electron chi connectivity index (χ3n) is 4.45. The molecule has 1 saturated carbocycles. The molecule has 4 nitrogen and oxygen atoms in total. The quantitative estimate of drug-likeness (QED) is 0.849. The highest BCUT2D eigenvalue weighted by Gasteiger charge is 2.24. The summed E-state index contributed by atoms with van der Waals surface area (Å²) in [5.41, 5.74) is 1.16. The molecule has 0 saturated heterocycles.